The highest BCUT2D eigenvalue weighted by atomic mass is 19.4. The summed E-state index contributed by atoms with van der Waals surface area (Å²) in [6.07, 6.45) is -4.28. The molecule has 0 bridgehead atoms. The van der Waals surface area contributed by atoms with Crippen molar-refractivity contribution in [2.75, 3.05) is 0 Å². The van der Waals surface area contributed by atoms with Crippen molar-refractivity contribution in [1.82, 2.24) is 0 Å². The summed E-state index contributed by atoms with van der Waals surface area (Å²) in [5, 5.41) is 0. The zero-order chi connectivity index (χ0) is 14.3. The van der Waals surface area contributed by atoms with Crippen LogP contribution in [0, 0.1) is 0 Å². The Morgan fingerprint density at radius 1 is 0.684 bits per heavy atom. The Morgan fingerprint density at radius 2 is 1.00 bits per heavy atom. The lowest BCUT2D eigenvalue weighted by molar-refractivity contribution is -0.141. The van der Waals surface area contributed by atoms with E-state index in [1.807, 2.05) is 13.8 Å². The fraction of sp³-hybridized carbons (Fsp3) is 0.250. The molecular formula is C16H17F3. The Bertz CT molecular complexity index is 421. The van der Waals surface area contributed by atoms with Crippen molar-refractivity contribution in [3.8, 4) is 0 Å². The SMILES string of the molecule is CC.FC(F)(F)C(c1ccccc1)c1ccccc1. The van der Waals surface area contributed by atoms with E-state index >= 15 is 0 Å². The average Bonchev–Trinajstić information content (AvgIpc) is 2.42. The Hall–Kier alpha value is -1.77. The first kappa shape index (κ1) is 15.3. The van der Waals surface area contributed by atoms with Crippen LogP contribution in [0.5, 0.6) is 0 Å². The Labute approximate surface area is 111 Å². The van der Waals surface area contributed by atoms with Gasteiger partial charge in [0.05, 0.1) is 0 Å². The predicted octanol–water partition coefficient (Wildman–Crippen LogP) is 5.41. The van der Waals surface area contributed by atoms with E-state index in [4.69, 9.17) is 0 Å². The van der Waals surface area contributed by atoms with Crippen LogP contribution in [-0.2, 0) is 0 Å². The van der Waals surface area contributed by atoms with Crippen molar-refractivity contribution in [3.05, 3.63) is 71.8 Å². The molecule has 0 aliphatic rings. The highest BCUT2D eigenvalue weighted by molar-refractivity contribution is 5.33. The van der Waals surface area contributed by atoms with Crippen molar-refractivity contribution in [2.24, 2.45) is 0 Å². The maximum atomic E-state index is 13.1. The van der Waals surface area contributed by atoms with E-state index in [9.17, 15) is 13.2 Å². The van der Waals surface area contributed by atoms with Crippen molar-refractivity contribution >= 4 is 0 Å². The zero-order valence-corrected chi connectivity index (χ0v) is 11.0. The molecule has 0 heterocycles. The molecule has 0 atom stereocenters. The minimum absolute atomic E-state index is 0.270. The van der Waals surface area contributed by atoms with Crippen molar-refractivity contribution < 1.29 is 13.2 Å². The van der Waals surface area contributed by atoms with Gasteiger partial charge in [-0.2, -0.15) is 13.2 Å². The maximum absolute atomic E-state index is 13.1. The van der Waals surface area contributed by atoms with Gasteiger partial charge in [-0.25, -0.2) is 0 Å². The van der Waals surface area contributed by atoms with E-state index in [1.54, 1.807) is 36.4 Å². The van der Waals surface area contributed by atoms with Crippen LogP contribution in [0.15, 0.2) is 60.7 Å². The standard InChI is InChI=1S/C14H11F3.C2H6/c15-14(16,17)13(11-7-3-1-4-8-11)12-9-5-2-6-10-12;1-2/h1-10,13H;1-2H3. The molecule has 2 aromatic carbocycles. The summed E-state index contributed by atoms with van der Waals surface area (Å²) >= 11 is 0. The third-order valence-electron chi connectivity index (χ3n) is 2.59. The molecule has 0 radical (unpaired) electrons. The molecule has 0 spiro atoms. The second-order valence-corrected chi connectivity index (χ2v) is 3.80. The van der Waals surface area contributed by atoms with Crippen LogP contribution < -0.4 is 0 Å². The van der Waals surface area contributed by atoms with E-state index < -0.39 is 12.1 Å². The molecule has 19 heavy (non-hydrogen) atoms. The lowest BCUT2D eigenvalue weighted by Crippen LogP contribution is -2.21. The molecule has 0 saturated carbocycles. The fourth-order valence-corrected chi connectivity index (χ4v) is 1.86. The number of halogens is 3. The highest BCUT2D eigenvalue weighted by Gasteiger charge is 2.41. The molecule has 0 aliphatic carbocycles. The Kier molecular flexibility index (Phi) is 5.61. The molecule has 0 saturated heterocycles. The summed E-state index contributed by atoms with van der Waals surface area (Å²) < 4.78 is 39.3. The molecule has 0 N–H and O–H groups in total. The van der Waals surface area contributed by atoms with Crippen LogP contribution in [0.25, 0.3) is 0 Å². The summed E-state index contributed by atoms with van der Waals surface area (Å²) in [6, 6.07) is 15.9. The zero-order valence-electron chi connectivity index (χ0n) is 11.0. The van der Waals surface area contributed by atoms with Gasteiger partial charge < -0.3 is 0 Å². The first-order valence-corrected chi connectivity index (χ1v) is 6.25. The van der Waals surface area contributed by atoms with Crippen LogP contribution >= 0.6 is 0 Å². The molecule has 3 heteroatoms. The van der Waals surface area contributed by atoms with Crippen molar-refractivity contribution in [1.29, 1.82) is 0 Å². The number of benzene rings is 2. The second-order valence-electron chi connectivity index (χ2n) is 3.80. The topological polar surface area (TPSA) is 0 Å². The number of hydrogen-bond acceptors (Lipinski definition) is 0. The van der Waals surface area contributed by atoms with Gasteiger partial charge in [-0.3, -0.25) is 0 Å². The van der Waals surface area contributed by atoms with Crippen molar-refractivity contribution in [2.45, 2.75) is 25.9 Å². The Balaban J connectivity index is 0.000000861. The van der Waals surface area contributed by atoms with Gasteiger partial charge in [0, 0.05) is 0 Å². The lowest BCUT2D eigenvalue weighted by Gasteiger charge is -2.21. The first-order chi connectivity index (χ1) is 9.09. The molecular weight excluding hydrogens is 249 g/mol. The lowest BCUT2D eigenvalue weighted by atomic mass is 9.91. The first-order valence-electron chi connectivity index (χ1n) is 6.25. The summed E-state index contributed by atoms with van der Waals surface area (Å²) in [4.78, 5) is 0. The average molecular weight is 266 g/mol. The third kappa shape index (κ3) is 4.12. The molecule has 0 unspecified atom stereocenters. The molecule has 2 rings (SSSR count). The van der Waals surface area contributed by atoms with Crippen LogP contribution in [-0.4, -0.2) is 6.18 Å². The fourth-order valence-electron chi connectivity index (χ4n) is 1.86. The smallest absolute Gasteiger partial charge is 0.170 e. The molecule has 0 amide bonds. The molecule has 0 nitrogen and oxygen atoms in total. The van der Waals surface area contributed by atoms with Gasteiger partial charge in [0.25, 0.3) is 0 Å². The monoisotopic (exact) mass is 266 g/mol. The molecule has 102 valence electrons. The number of rotatable bonds is 2. The normalized spacial score (nSPS) is 10.8. The van der Waals surface area contributed by atoms with Crippen molar-refractivity contribution in [3.63, 3.8) is 0 Å². The van der Waals surface area contributed by atoms with Gasteiger partial charge in [-0.1, -0.05) is 74.5 Å². The third-order valence-corrected chi connectivity index (χ3v) is 2.59. The summed E-state index contributed by atoms with van der Waals surface area (Å²) in [5.74, 6) is -1.55. The van der Waals surface area contributed by atoms with Crippen LogP contribution in [0.3, 0.4) is 0 Å². The van der Waals surface area contributed by atoms with E-state index in [0.29, 0.717) is 0 Å². The Morgan fingerprint density at radius 3 is 1.26 bits per heavy atom. The second kappa shape index (κ2) is 6.98. The quantitative estimate of drug-likeness (QED) is 0.682. The van der Waals surface area contributed by atoms with E-state index in [0.717, 1.165) is 0 Å². The molecule has 0 fully saturated rings. The van der Waals surface area contributed by atoms with Gasteiger partial charge in [0.2, 0.25) is 0 Å². The van der Waals surface area contributed by atoms with Gasteiger partial charge in [-0.15, -0.1) is 0 Å². The van der Waals surface area contributed by atoms with Gasteiger partial charge in [0.15, 0.2) is 0 Å². The summed E-state index contributed by atoms with van der Waals surface area (Å²) in [5.41, 5.74) is 0.539. The molecule has 2 aromatic rings. The van der Waals surface area contributed by atoms with Gasteiger partial charge in [0.1, 0.15) is 5.92 Å². The van der Waals surface area contributed by atoms with Crippen LogP contribution in [0.2, 0.25) is 0 Å². The minimum atomic E-state index is -4.28. The maximum Gasteiger partial charge on any atom is 0.399 e. The number of alkyl halides is 3. The van der Waals surface area contributed by atoms with E-state index in [2.05, 4.69) is 0 Å². The number of hydrogen-bond donors (Lipinski definition) is 0. The minimum Gasteiger partial charge on any atom is -0.170 e. The van der Waals surface area contributed by atoms with Crippen LogP contribution in [0.1, 0.15) is 30.9 Å². The molecule has 0 aromatic heterocycles. The van der Waals surface area contributed by atoms with Gasteiger partial charge >= 0.3 is 6.18 Å². The highest BCUT2D eigenvalue weighted by Crippen LogP contribution is 2.39. The van der Waals surface area contributed by atoms with Gasteiger partial charge in [-0.05, 0) is 11.1 Å². The largest absolute Gasteiger partial charge is 0.399 e. The summed E-state index contributed by atoms with van der Waals surface area (Å²) in [7, 11) is 0. The predicted molar refractivity (Wildman–Crippen MR) is 72.1 cm³/mol. The summed E-state index contributed by atoms with van der Waals surface area (Å²) in [6.45, 7) is 4.00. The molecule has 0 aliphatic heterocycles. The van der Waals surface area contributed by atoms with Crippen LogP contribution in [0.4, 0.5) is 13.2 Å². The van der Waals surface area contributed by atoms with E-state index in [1.165, 1.54) is 24.3 Å². The van der Waals surface area contributed by atoms with E-state index in [-0.39, 0.29) is 11.1 Å².